The second-order valence-electron chi connectivity index (χ2n) is 6.48. The van der Waals surface area contributed by atoms with Crippen molar-refractivity contribution < 1.29 is 9.53 Å². The van der Waals surface area contributed by atoms with Crippen molar-refractivity contribution in [1.29, 1.82) is 0 Å². The molecule has 0 aromatic rings. The molecule has 0 radical (unpaired) electrons. The summed E-state index contributed by atoms with van der Waals surface area (Å²) in [5.74, 6) is 1.09. The Kier molecular flexibility index (Phi) is 6.93. The lowest BCUT2D eigenvalue weighted by Gasteiger charge is -2.35. The molecule has 1 atom stereocenters. The van der Waals surface area contributed by atoms with E-state index in [1.807, 2.05) is 6.92 Å². The Bertz CT molecular complexity index is 313. The van der Waals surface area contributed by atoms with Crippen LogP contribution in [0.15, 0.2) is 0 Å². The van der Waals surface area contributed by atoms with Crippen molar-refractivity contribution in [2.45, 2.75) is 51.1 Å². The fourth-order valence-corrected chi connectivity index (χ4v) is 2.89. The summed E-state index contributed by atoms with van der Waals surface area (Å²) in [6, 6.07) is 0.635. The van der Waals surface area contributed by atoms with Crippen LogP contribution in [0.1, 0.15) is 39.0 Å². The van der Waals surface area contributed by atoms with Crippen LogP contribution in [0.2, 0.25) is 0 Å². The molecular formula is C16H31N3O2. The van der Waals surface area contributed by atoms with Crippen molar-refractivity contribution >= 4 is 5.91 Å². The van der Waals surface area contributed by atoms with Crippen molar-refractivity contribution in [3.05, 3.63) is 0 Å². The number of likely N-dealkylation sites (tertiary alicyclic amines) is 1. The molecule has 1 aliphatic carbocycles. The molecular weight excluding hydrogens is 266 g/mol. The molecule has 1 heterocycles. The van der Waals surface area contributed by atoms with E-state index in [1.165, 1.54) is 19.4 Å². The molecule has 1 aliphatic heterocycles. The number of carbonyl (C=O) groups excluding carboxylic acids is 1. The highest BCUT2D eigenvalue weighted by Crippen LogP contribution is 2.28. The van der Waals surface area contributed by atoms with Crippen LogP contribution in [0.3, 0.4) is 0 Å². The molecule has 1 saturated carbocycles. The van der Waals surface area contributed by atoms with Crippen LogP contribution in [0.4, 0.5) is 0 Å². The minimum atomic E-state index is -0.0167. The lowest BCUT2D eigenvalue weighted by molar-refractivity contribution is -0.126. The van der Waals surface area contributed by atoms with Crippen molar-refractivity contribution in [3.8, 4) is 0 Å². The molecule has 2 fully saturated rings. The quantitative estimate of drug-likeness (QED) is 0.623. The second-order valence-corrected chi connectivity index (χ2v) is 6.48. The SMILES string of the molecule is COCCCNC(=O)C(C)N1CCC(NCC2CC2)CC1. The summed E-state index contributed by atoms with van der Waals surface area (Å²) < 4.78 is 4.99. The predicted molar refractivity (Wildman–Crippen MR) is 84.3 cm³/mol. The number of nitrogens with one attached hydrogen (secondary N) is 2. The zero-order chi connectivity index (χ0) is 15.1. The van der Waals surface area contributed by atoms with E-state index in [0.29, 0.717) is 19.2 Å². The fourth-order valence-electron chi connectivity index (χ4n) is 2.89. The summed E-state index contributed by atoms with van der Waals surface area (Å²) in [6.07, 6.45) is 6.02. The van der Waals surface area contributed by atoms with Gasteiger partial charge < -0.3 is 15.4 Å². The molecule has 1 saturated heterocycles. The molecule has 1 unspecified atom stereocenters. The summed E-state index contributed by atoms with van der Waals surface area (Å²) >= 11 is 0. The van der Waals surface area contributed by atoms with E-state index in [1.54, 1.807) is 7.11 Å². The van der Waals surface area contributed by atoms with Gasteiger partial charge in [-0.3, -0.25) is 9.69 Å². The van der Waals surface area contributed by atoms with Crippen molar-refractivity contribution in [2.24, 2.45) is 5.92 Å². The molecule has 1 amide bonds. The van der Waals surface area contributed by atoms with Crippen LogP contribution in [-0.2, 0) is 9.53 Å². The zero-order valence-corrected chi connectivity index (χ0v) is 13.6. The van der Waals surface area contributed by atoms with E-state index in [0.717, 1.165) is 38.3 Å². The molecule has 2 aliphatic rings. The summed E-state index contributed by atoms with van der Waals surface area (Å²) in [7, 11) is 1.69. The van der Waals surface area contributed by atoms with Crippen molar-refractivity contribution in [1.82, 2.24) is 15.5 Å². The van der Waals surface area contributed by atoms with E-state index in [4.69, 9.17) is 4.74 Å². The number of amides is 1. The zero-order valence-electron chi connectivity index (χ0n) is 13.6. The monoisotopic (exact) mass is 297 g/mol. The first kappa shape index (κ1) is 16.7. The first-order valence-corrected chi connectivity index (χ1v) is 8.44. The summed E-state index contributed by atoms with van der Waals surface area (Å²) in [4.78, 5) is 14.4. The minimum Gasteiger partial charge on any atom is -0.385 e. The Hall–Kier alpha value is -0.650. The topological polar surface area (TPSA) is 53.6 Å². The molecule has 0 bridgehead atoms. The summed E-state index contributed by atoms with van der Waals surface area (Å²) in [5, 5.41) is 6.68. The maximum Gasteiger partial charge on any atom is 0.237 e. The van der Waals surface area contributed by atoms with Gasteiger partial charge in [0.25, 0.3) is 0 Å². The van der Waals surface area contributed by atoms with E-state index in [9.17, 15) is 4.79 Å². The number of hydrogen-bond donors (Lipinski definition) is 2. The fraction of sp³-hybridized carbons (Fsp3) is 0.938. The lowest BCUT2D eigenvalue weighted by atomic mass is 10.0. The third-order valence-electron chi connectivity index (χ3n) is 4.67. The number of rotatable bonds is 9. The summed E-state index contributed by atoms with van der Waals surface area (Å²) in [5.41, 5.74) is 0. The molecule has 0 aromatic carbocycles. The third kappa shape index (κ3) is 5.93. The number of piperidine rings is 1. The van der Waals surface area contributed by atoms with Crippen LogP contribution < -0.4 is 10.6 Å². The molecule has 21 heavy (non-hydrogen) atoms. The van der Waals surface area contributed by atoms with Crippen LogP contribution in [0, 0.1) is 5.92 Å². The average Bonchev–Trinajstić information content (AvgIpc) is 3.33. The smallest absolute Gasteiger partial charge is 0.237 e. The highest BCUT2D eigenvalue weighted by atomic mass is 16.5. The number of carbonyl (C=O) groups is 1. The number of methoxy groups -OCH3 is 1. The van der Waals surface area contributed by atoms with Gasteiger partial charge in [0.2, 0.25) is 5.91 Å². The largest absolute Gasteiger partial charge is 0.385 e. The van der Waals surface area contributed by atoms with Crippen LogP contribution in [0.25, 0.3) is 0 Å². The lowest BCUT2D eigenvalue weighted by Crippen LogP contribution is -2.51. The van der Waals surface area contributed by atoms with E-state index >= 15 is 0 Å². The van der Waals surface area contributed by atoms with Crippen LogP contribution >= 0.6 is 0 Å². The maximum absolute atomic E-state index is 12.1. The summed E-state index contributed by atoms with van der Waals surface area (Å²) in [6.45, 7) is 6.66. The van der Waals surface area contributed by atoms with Crippen LogP contribution in [-0.4, -0.2) is 62.8 Å². The third-order valence-corrected chi connectivity index (χ3v) is 4.67. The first-order valence-electron chi connectivity index (χ1n) is 8.44. The molecule has 122 valence electrons. The van der Waals surface area contributed by atoms with Gasteiger partial charge in [0.05, 0.1) is 6.04 Å². The van der Waals surface area contributed by atoms with Gasteiger partial charge in [0.15, 0.2) is 0 Å². The number of ether oxygens (including phenoxy) is 1. The molecule has 0 aromatic heterocycles. The molecule has 2 N–H and O–H groups in total. The van der Waals surface area contributed by atoms with E-state index in [-0.39, 0.29) is 11.9 Å². The van der Waals surface area contributed by atoms with Gasteiger partial charge in [0.1, 0.15) is 0 Å². The normalized spacial score (nSPS) is 22.2. The first-order chi connectivity index (χ1) is 10.2. The highest BCUT2D eigenvalue weighted by molar-refractivity contribution is 5.81. The second kappa shape index (κ2) is 8.71. The minimum absolute atomic E-state index is 0.0167. The highest BCUT2D eigenvalue weighted by Gasteiger charge is 2.27. The standard InChI is InChI=1S/C16H31N3O2/c1-13(16(20)17-8-3-11-21-2)19-9-6-15(7-10-19)18-12-14-4-5-14/h13-15,18H,3-12H2,1-2H3,(H,17,20). The Labute approximate surface area is 128 Å². The Morgan fingerprint density at radius 3 is 2.62 bits per heavy atom. The van der Waals surface area contributed by atoms with Gasteiger partial charge in [-0.1, -0.05) is 0 Å². The van der Waals surface area contributed by atoms with Crippen LogP contribution in [0.5, 0.6) is 0 Å². The average molecular weight is 297 g/mol. The van der Waals surface area contributed by atoms with Gasteiger partial charge in [-0.15, -0.1) is 0 Å². The molecule has 2 rings (SSSR count). The van der Waals surface area contributed by atoms with E-state index < -0.39 is 0 Å². The number of hydrogen-bond acceptors (Lipinski definition) is 4. The molecule has 0 spiro atoms. The predicted octanol–water partition coefficient (Wildman–Crippen LogP) is 0.992. The number of nitrogens with zero attached hydrogens (tertiary/aromatic N) is 1. The molecule has 5 nitrogen and oxygen atoms in total. The van der Waals surface area contributed by atoms with E-state index in [2.05, 4.69) is 15.5 Å². The Morgan fingerprint density at radius 2 is 2.00 bits per heavy atom. The maximum atomic E-state index is 12.1. The van der Waals surface area contributed by atoms with Gasteiger partial charge in [-0.25, -0.2) is 0 Å². The van der Waals surface area contributed by atoms with Gasteiger partial charge in [0, 0.05) is 39.4 Å². The van der Waals surface area contributed by atoms with Gasteiger partial charge >= 0.3 is 0 Å². The van der Waals surface area contributed by atoms with Gasteiger partial charge in [-0.05, 0) is 51.5 Å². The Morgan fingerprint density at radius 1 is 1.29 bits per heavy atom. The van der Waals surface area contributed by atoms with Crippen molar-refractivity contribution in [2.75, 3.05) is 39.9 Å². The molecule has 5 heteroatoms. The Balaban J connectivity index is 1.59. The van der Waals surface area contributed by atoms with Gasteiger partial charge in [-0.2, -0.15) is 0 Å². The van der Waals surface area contributed by atoms with Crippen molar-refractivity contribution in [3.63, 3.8) is 0 Å².